The van der Waals surface area contributed by atoms with E-state index in [0.29, 0.717) is 13.0 Å². The fourth-order valence-corrected chi connectivity index (χ4v) is 2.93. The van der Waals surface area contributed by atoms with Crippen LogP contribution in [0.15, 0.2) is 5.38 Å². The highest BCUT2D eigenvalue weighted by atomic mass is 32.1. The Labute approximate surface area is 127 Å². The predicted octanol–water partition coefficient (Wildman–Crippen LogP) is 2.34. The van der Waals surface area contributed by atoms with Gasteiger partial charge in [-0.2, -0.15) is 13.2 Å². The second-order valence-corrected chi connectivity index (χ2v) is 5.90. The van der Waals surface area contributed by atoms with Crippen molar-refractivity contribution < 1.29 is 27.9 Å². The first-order chi connectivity index (χ1) is 10.2. The van der Waals surface area contributed by atoms with Gasteiger partial charge in [-0.3, -0.25) is 4.79 Å². The number of likely N-dealkylation sites (tertiary alicyclic amines) is 1. The number of urea groups is 1. The van der Waals surface area contributed by atoms with Crippen LogP contribution in [0.3, 0.4) is 0 Å². The topological polar surface area (TPSA) is 82.5 Å². The molecule has 1 fully saturated rings. The molecular weight excluding hydrogens is 323 g/mol. The van der Waals surface area contributed by atoms with Crippen molar-refractivity contribution in [1.82, 2.24) is 15.2 Å². The van der Waals surface area contributed by atoms with Crippen LogP contribution in [-0.2, 0) is 11.0 Å². The summed E-state index contributed by atoms with van der Waals surface area (Å²) in [7, 11) is 0. The lowest BCUT2D eigenvalue weighted by atomic mass is 10.1. The molecule has 0 aromatic carbocycles. The van der Waals surface area contributed by atoms with E-state index in [1.807, 2.05) is 0 Å². The number of aliphatic carboxylic acids is 1. The van der Waals surface area contributed by atoms with Crippen molar-refractivity contribution in [2.75, 3.05) is 13.1 Å². The molecule has 2 unspecified atom stereocenters. The molecule has 2 heterocycles. The van der Waals surface area contributed by atoms with Crippen LogP contribution >= 0.6 is 11.3 Å². The number of carboxylic acid groups (broad SMARTS) is 1. The number of nitrogens with one attached hydrogen (secondary N) is 1. The van der Waals surface area contributed by atoms with Crippen LogP contribution in [0, 0.1) is 5.92 Å². The van der Waals surface area contributed by atoms with Gasteiger partial charge in [0.2, 0.25) is 0 Å². The van der Waals surface area contributed by atoms with Crippen LogP contribution in [0.25, 0.3) is 0 Å². The number of nitrogens with zero attached hydrogens (tertiary/aromatic N) is 2. The molecule has 2 N–H and O–H groups in total. The zero-order chi connectivity index (χ0) is 16.5. The summed E-state index contributed by atoms with van der Waals surface area (Å²) >= 11 is 0.816. The molecule has 1 saturated heterocycles. The first kappa shape index (κ1) is 16.5. The van der Waals surface area contributed by atoms with Gasteiger partial charge in [-0.05, 0) is 13.3 Å². The van der Waals surface area contributed by atoms with Gasteiger partial charge in [-0.25, -0.2) is 9.78 Å². The summed E-state index contributed by atoms with van der Waals surface area (Å²) in [6, 6.07) is -1.18. The summed E-state index contributed by atoms with van der Waals surface area (Å²) in [5.41, 5.74) is -0.985. The highest BCUT2D eigenvalue weighted by molar-refractivity contribution is 7.09. The Morgan fingerprint density at radius 1 is 1.55 bits per heavy atom. The van der Waals surface area contributed by atoms with Crippen molar-refractivity contribution >= 4 is 23.3 Å². The average molecular weight is 337 g/mol. The third-order valence-electron chi connectivity index (χ3n) is 3.35. The first-order valence-corrected chi connectivity index (χ1v) is 7.37. The molecule has 0 saturated carbocycles. The Morgan fingerprint density at radius 2 is 2.23 bits per heavy atom. The van der Waals surface area contributed by atoms with Gasteiger partial charge in [0, 0.05) is 18.5 Å². The minimum Gasteiger partial charge on any atom is -0.481 e. The van der Waals surface area contributed by atoms with Gasteiger partial charge in [-0.1, -0.05) is 0 Å². The summed E-state index contributed by atoms with van der Waals surface area (Å²) in [5, 5.41) is 12.5. The molecule has 1 aromatic heterocycles. The second kappa shape index (κ2) is 6.11. The molecule has 2 atom stereocenters. The largest absolute Gasteiger partial charge is 0.481 e. The quantitative estimate of drug-likeness (QED) is 0.887. The third kappa shape index (κ3) is 3.67. The van der Waals surface area contributed by atoms with Gasteiger partial charge in [0.1, 0.15) is 5.01 Å². The van der Waals surface area contributed by atoms with Crippen LogP contribution in [0.2, 0.25) is 0 Å². The number of rotatable bonds is 3. The fraction of sp³-hybridized carbons (Fsp3) is 0.583. The molecule has 1 aliphatic heterocycles. The second-order valence-electron chi connectivity index (χ2n) is 5.01. The van der Waals surface area contributed by atoms with Crippen LogP contribution in [0.5, 0.6) is 0 Å². The van der Waals surface area contributed by atoms with E-state index in [4.69, 9.17) is 5.11 Å². The van der Waals surface area contributed by atoms with Crippen molar-refractivity contribution in [2.24, 2.45) is 5.92 Å². The van der Waals surface area contributed by atoms with E-state index in [0.717, 1.165) is 16.7 Å². The maximum absolute atomic E-state index is 12.5. The SMILES string of the molecule is CC(NC(=O)N1CCC(C(=O)O)C1)c1nc(C(F)(F)F)cs1. The fourth-order valence-electron chi connectivity index (χ4n) is 2.10. The van der Waals surface area contributed by atoms with Crippen LogP contribution in [-0.4, -0.2) is 40.1 Å². The van der Waals surface area contributed by atoms with Crippen molar-refractivity contribution in [3.8, 4) is 0 Å². The Morgan fingerprint density at radius 3 is 2.73 bits per heavy atom. The summed E-state index contributed by atoms with van der Waals surface area (Å²) in [5.74, 6) is -1.56. The standard InChI is InChI=1S/C12H14F3N3O3S/c1-6(9-17-8(5-22-9)12(13,14)15)16-11(21)18-3-2-7(4-18)10(19)20/h5-7H,2-4H2,1H3,(H,16,21)(H,19,20). The molecule has 22 heavy (non-hydrogen) atoms. The zero-order valence-electron chi connectivity index (χ0n) is 11.6. The lowest BCUT2D eigenvalue weighted by Crippen LogP contribution is -2.40. The lowest BCUT2D eigenvalue weighted by molar-refractivity contribution is -0.141. The molecule has 1 aromatic rings. The number of thiazole rings is 1. The van der Waals surface area contributed by atoms with Gasteiger partial charge >= 0.3 is 18.2 Å². The van der Waals surface area contributed by atoms with E-state index in [1.165, 1.54) is 11.8 Å². The third-order valence-corrected chi connectivity index (χ3v) is 4.37. The summed E-state index contributed by atoms with van der Waals surface area (Å²) in [6.45, 7) is 1.93. The van der Waals surface area contributed by atoms with E-state index in [2.05, 4.69) is 10.3 Å². The molecule has 2 rings (SSSR count). The number of carboxylic acids is 1. The molecule has 2 amide bonds. The Hall–Kier alpha value is -1.84. The summed E-state index contributed by atoms with van der Waals surface area (Å²) in [4.78, 5) is 27.6. The van der Waals surface area contributed by atoms with Crippen molar-refractivity contribution in [2.45, 2.75) is 25.6 Å². The predicted molar refractivity (Wildman–Crippen MR) is 71.4 cm³/mol. The first-order valence-electron chi connectivity index (χ1n) is 6.49. The van der Waals surface area contributed by atoms with E-state index >= 15 is 0 Å². The maximum Gasteiger partial charge on any atom is 0.434 e. The molecular formula is C12H14F3N3O3S. The van der Waals surface area contributed by atoms with Gasteiger partial charge in [0.05, 0.1) is 12.0 Å². The molecule has 10 heteroatoms. The lowest BCUT2D eigenvalue weighted by Gasteiger charge is -2.19. The van der Waals surface area contributed by atoms with Gasteiger partial charge in [-0.15, -0.1) is 11.3 Å². The minimum atomic E-state index is -4.51. The Balaban J connectivity index is 1.94. The van der Waals surface area contributed by atoms with Crippen molar-refractivity contribution in [3.63, 3.8) is 0 Å². The van der Waals surface area contributed by atoms with E-state index in [1.54, 1.807) is 0 Å². The zero-order valence-corrected chi connectivity index (χ0v) is 12.4. The number of aromatic nitrogens is 1. The monoisotopic (exact) mass is 337 g/mol. The number of halogens is 3. The Bertz CT molecular complexity index is 575. The minimum absolute atomic E-state index is 0.0968. The number of hydrogen-bond acceptors (Lipinski definition) is 4. The molecule has 6 nitrogen and oxygen atoms in total. The Kier molecular flexibility index (Phi) is 4.59. The number of alkyl halides is 3. The van der Waals surface area contributed by atoms with Gasteiger partial charge < -0.3 is 15.3 Å². The highest BCUT2D eigenvalue weighted by Gasteiger charge is 2.35. The van der Waals surface area contributed by atoms with Gasteiger partial charge in [0.15, 0.2) is 5.69 Å². The smallest absolute Gasteiger partial charge is 0.434 e. The average Bonchev–Trinajstić information content (AvgIpc) is 3.07. The van der Waals surface area contributed by atoms with E-state index in [-0.39, 0.29) is 11.6 Å². The highest BCUT2D eigenvalue weighted by Crippen LogP contribution is 2.31. The molecule has 0 radical (unpaired) electrons. The van der Waals surface area contributed by atoms with Crippen molar-refractivity contribution in [1.29, 1.82) is 0 Å². The number of carbonyl (C=O) groups is 2. The number of carbonyl (C=O) groups excluding carboxylic acids is 1. The maximum atomic E-state index is 12.5. The van der Waals surface area contributed by atoms with Crippen LogP contribution < -0.4 is 5.32 Å². The van der Waals surface area contributed by atoms with Crippen LogP contribution in [0.1, 0.15) is 30.1 Å². The molecule has 0 spiro atoms. The molecule has 0 bridgehead atoms. The van der Waals surface area contributed by atoms with E-state index in [9.17, 15) is 22.8 Å². The summed E-state index contributed by atoms with van der Waals surface area (Å²) in [6.07, 6.45) is -4.14. The molecule has 0 aliphatic carbocycles. The van der Waals surface area contributed by atoms with Crippen LogP contribution in [0.4, 0.5) is 18.0 Å². The normalized spacial score (nSPS) is 20.0. The molecule has 122 valence electrons. The van der Waals surface area contributed by atoms with Gasteiger partial charge in [0.25, 0.3) is 0 Å². The number of hydrogen-bond donors (Lipinski definition) is 2. The van der Waals surface area contributed by atoms with Crippen molar-refractivity contribution in [3.05, 3.63) is 16.1 Å². The molecule has 1 aliphatic rings. The number of amides is 2. The summed E-state index contributed by atoms with van der Waals surface area (Å²) < 4.78 is 37.5. The van der Waals surface area contributed by atoms with E-state index < -0.39 is 35.8 Å².